The van der Waals surface area contributed by atoms with Crippen LogP contribution in [0.4, 0.5) is 37.6 Å². The highest BCUT2D eigenvalue weighted by molar-refractivity contribution is 5.99. The number of hydrogen-bond donors (Lipinski definition) is 4. The van der Waals surface area contributed by atoms with Gasteiger partial charge in [-0.2, -0.15) is 4.98 Å². The van der Waals surface area contributed by atoms with Crippen molar-refractivity contribution in [3.8, 4) is 5.75 Å². The molecular weight excluding hydrogens is 510 g/mol. The fourth-order valence-electron chi connectivity index (χ4n) is 3.14. The predicted molar refractivity (Wildman–Crippen MR) is 144 cm³/mol. The first kappa shape index (κ1) is 29.0. The molecule has 10 nitrogen and oxygen atoms in total. The van der Waals surface area contributed by atoms with Crippen LogP contribution >= 0.6 is 0 Å². The highest BCUT2D eigenvalue weighted by atomic mass is 19.1. The van der Waals surface area contributed by atoms with Crippen LogP contribution in [0.25, 0.3) is 0 Å². The van der Waals surface area contributed by atoms with Gasteiger partial charge in [-0.1, -0.05) is 26.5 Å². The first-order valence-corrected chi connectivity index (χ1v) is 12.0. The van der Waals surface area contributed by atoms with Gasteiger partial charge in [-0.05, 0) is 49.2 Å². The molecule has 0 aliphatic heterocycles. The molecule has 0 spiro atoms. The fourth-order valence-corrected chi connectivity index (χ4v) is 3.14. The topological polar surface area (TPSA) is 140 Å². The van der Waals surface area contributed by atoms with E-state index in [0.717, 1.165) is 18.3 Å². The number of aromatic nitrogens is 2. The summed E-state index contributed by atoms with van der Waals surface area (Å²) in [4.78, 5) is 31.4. The summed E-state index contributed by atoms with van der Waals surface area (Å²) in [5.74, 6) is -2.61. The van der Waals surface area contributed by atoms with Crippen LogP contribution in [0.5, 0.6) is 5.75 Å². The quantitative estimate of drug-likeness (QED) is 0.191. The first-order chi connectivity index (χ1) is 18.5. The maximum atomic E-state index is 14.7. The molecule has 1 amide bonds. The second-order valence-electron chi connectivity index (χ2n) is 8.89. The highest BCUT2D eigenvalue weighted by Gasteiger charge is 2.20. The molecule has 5 N–H and O–H groups in total. The lowest BCUT2D eigenvalue weighted by Crippen LogP contribution is -2.38. The Labute approximate surface area is 224 Å². The molecule has 0 fully saturated rings. The van der Waals surface area contributed by atoms with Gasteiger partial charge >= 0.3 is 5.97 Å². The third-order valence-corrected chi connectivity index (χ3v) is 5.29. The molecular formula is C27H30F2N6O4. The van der Waals surface area contributed by atoms with E-state index in [-0.39, 0.29) is 41.6 Å². The van der Waals surface area contributed by atoms with Gasteiger partial charge in [0.05, 0.1) is 6.20 Å². The van der Waals surface area contributed by atoms with E-state index in [1.165, 1.54) is 12.1 Å². The predicted octanol–water partition coefficient (Wildman–Crippen LogP) is 4.66. The lowest BCUT2D eigenvalue weighted by atomic mass is 10.1. The van der Waals surface area contributed by atoms with Crippen LogP contribution in [-0.4, -0.2) is 40.6 Å². The summed E-state index contributed by atoms with van der Waals surface area (Å²) in [6.07, 6.45) is 1.47. The molecule has 0 bridgehead atoms. The molecule has 0 saturated carbocycles. The van der Waals surface area contributed by atoms with Gasteiger partial charge in [0.15, 0.2) is 23.2 Å². The van der Waals surface area contributed by atoms with E-state index in [4.69, 9.17) is 15.2 Å². The number of nitrogens with zero attached hydrogens (tertiary/aromatic N) is 2. The third kappa shape index (κ3) is 8.47. The van der Waals surface area contributed by atoms with Gasteiger partial charge in [-0.3, -0.25) is 9.59 Å². The number of amides is 1. The van der Waals surface area contributed by atoms with E-state index >= 15 is 0 Å². The van der Waals surface area contributed by atoms with Crippen molar-refractivity contribution >= 4 is 40.7 Å². The Morgan fingerprint density at radius 1 is 1.05 bits per heavy atom. The number of hydrogen-bond acceptors (Lipinski definition) is 9. The summed E-state index contributed by atoms with van der Waals surface area (Å²) in [7, 11) is 0. The van der Waals surface area contributed by atoms with Crippen molar-refractivity contribution in [2.24, 2.45) is 11.7 Å². The Balaban J connectivity index is 1.63. The van der Waals surface area contributed by atoms with Crippen molar-refractivity contribution in [3.05, 3.63) is 73.0 Å². The molecule has 1 aromatic heterocycles. The number of anilines is 5. The molecule has 12 heteroatoms. The second-order valence-corrected chi connectivity index (χ2v) is 8.89. The molecule has 206 valence electrons. The minimum atomic E-state index is -0.751. The SMILES string of the molecule is C=CC(=O)Nc1cccc(Nc2nc(Nc3ccc(O[C@@H](C)COC(=O)[C@@H](N)C(C)C)c(F)c3)ncc2F)c1. The largest absolute Gasteiger partial charge is 0.484 e. The van der Waals surface area contributed by atoms with Gasteiger partial charge < -0.3 is 31.2 Å². The van der Waals surface area contributed by atoms with Crippen LogP contribution in [0.3, 0.4) is 0 Å². The van der Waals surface area contributed by atoms with Gasteiger partial charge in [0.2, 0.25) is 11.9 Å². The average molecular weight is 541 g/mol. The van der Waals surface area contributed by atoms with E-state index in [1.807, 2.05) is 0 Å². The normalized spacial score (nSPS) is 12.3. The van der Waals surface area contributed by atoms with Crippen molar-refractivity contribution < 1.29 is 27.8 Å². The van der Waals surface area contributed by atoms with Gasteiger partial charge in [0.25, 0.3) is 0 Å². The van der Waals surface area contributed by atoms with Gasteiger partial charge in [0.1, 0.15) is 18.8 Å². The number of esters is 1. The second kappa shape index (κ2) is 13.3. The number of ether oxygens (including phenoxy) is 2. The standard InChI is InChI=1S/C27H30F2N6O4/c1-5-23(36)32-17-7-6-8-18(11-17)33-25-21(29)13-31-27(35-25)34-19-9-10-22(20(28)12-19)39-16(4)14-38-26(37)24(30)15(2)3/h5-13,15-16,24H,1,14,30H2,2-4H3,(H,32,36)(H2,31,33,34,35)/t16-,24-/m0/s1. The van der Waals surface area contributed by atoms with Crippen molar-refractivity contribution in [2.75, 3.05) is 22.6 Å². The number of benzene rings is 2. The van der Waals surface area contributed by atoms with Crippen molar-refractivity contribution in [3.63, 3.8) is 0 Å². The Bertz CT molecular complexity index is 1340. The zero-order valence-corrected chi connectivity index (χ0v) is 21.7. The van der Waals surface area contributed by atoms with Crippen LogP contribution in [0.2, 0.25) is 0 Å². The minimum Gasteiger partial charge on any atom is -0.484 e. The van der Waals surface area contributed by atoms with Crippen molar-refractivity contribution in [2.45, 2.75) is 32.9 Å². The number of halogens is 2. The molecule has 3 rings (SSSR count). The minimum absolute atomic E-state index is 0.00450. The Morgan fingerprint density at radius 2 is 1.77 bits per heavy atom. The Kier molecular flexibility index (Phi) is 9.87. The van der Waals surface area contributed by atoms with E-state index in [0.29, 0.717) is 11.4 Å². The zero-order valence-electron chi connectivity index (χ0n) is 21.7. The zero-order chi connectivity index (χ0) is 28.5. The molecule has 3 aromatic rings. The molecule has 0 radical (unpaired) electrons. The average Bonchev–Trinajstić information content (AvgIpc) is 2.90. The fraction of sp³-hybridized carbons (Fsp3) is 0.259. The summed E-state index contributed by atoms with van der Waals surface area (Å²) in [6, 6.07) is 9.90. The number of nitrogens with two attached hydrogens (primary N) is 1. The summed E-state index contributed by atoms with van der Waals surface area (Å²) >= 11 is 0. The molecule has 0 aliphatic rings. The van der Waals surface area contributed by atoms with E-state index < -0.39 is 29.7 Å². The number of rotatable bonds is 12. The van der Waals surface area contributed by atoms with Crippen LogP contribution < -0.4 is 26.4 Å². The van der Waals surface area contributed by atoms with E-state index in [9.17, 15) is 18.4 Å². The number of nitrogens with one attached hydrogen (secondary N) is 3. The van der Waals surface area contributed by atoms with Crippen molar-refractivity contribution in [1.29, 1.82) is 0 Å². The van der Waals surface area contributed by atoms with E-state index in [1.54, 1.807) is 45.0 Å². The molecule has 2 aromatic carbocycles. The van der Waals surface area contributed by atoms with Crippen molar-refractivity contribution in [1.82, 2.24) is 9.97 Å². The summed E-state index contributed by atoms with van der Waals surface area (Å²) in [5.41, 5.74) is 6.97. The highest BCUT2D eigenvalue weighted by Crippen LogP contribution is 2.26. The van der Waals surface area contributed by atoms with Crippen LogP contribution in [0.1, 0.15) is 20.8 Å². The smallest absolute Gasteiger partial charge is 0.323 e. The molecule has 0 aliphatic carbocycles. The lowest BCUT2D eigenvalue weighted by Gasteiger charge is -2.18. The third-order valence-electron chi connectivity index (χ3n) is 5.29. The summed E-state index contributed by atoms with van der Waals surface area (Å²) < 4.78 is 39.7. The lowest BCUT2D eigenvalue weighted by molar-refractivity contribution is -0.148. The maximum Gasteiger partial charge on any atom is 0.323 e. The van der Waals surface area contributed by atoms with E-state index in [2.05, 4.69) is 32.5 Å². The molecule has 0 saturated heterocycles. The van der Waals surface area contributed by atoms with Crippen LogP contribution in [0.15, 0.2) is 61.3 Å². The summed E-state index contributed by atoms with van der Waals surface area (Å²) in [6.45, 7) is 8.54. The Morgan fingerprint density at radius 3 is 2.46 bits per heavy atom. The summed E-state index contributed by atoms with van der Waals surface area (Å²) in [5, 5.41) is 8.24. The molecule has 0 unspecified atom stereocenters. The van der Waals surface area contributed by atoms with Gasteiger partial charge in [0, 0.05) is 23.1 Å². The first-order valence-electron chi connectivity index (χ1n) is 12.0. The Hall–Kier alpha value is -4.58. The number of carbonyl (C=O) groups excluding carboxylic acids is 2. The van der Waals surface area contributed by atoms with Crippen LogP contribution in [0, 0.1) is 17.6 Å². The number of carbonyl (C=O) groups is 2. The molecule has 1 heterocycles. The van der Waals surface area contributed by atoms with Crippen LogP contribution in [-0.2, 0) is 14.3 Å². The monoisotopic (exact) mass is 540 g/mol. The molecule has 2 atom stereocenters. The molecule has 39 heavy (non-hydrogen) atoms. The van der Waals surface area contributed by atoms with Gasteiger partial charge in [-0.25, -0.2) is 13.8 Å². The maximum absolute atomic E-state index is 14.7. The van der Waals surface area contributed by atoms with Gasteiger partial charge in [-0.15, -0.1) is 0 Å².